The lowest BCUT2D eigenvalue weighted by atomic mass is 10.1. The van der Waals surface area contributed by atoms with E-state index < -0.39 is 11.7 Å². The molecule has 0 unspecified atom stereocenters. The molecule has 0 radical (unpaired) electrons. The van der Waals surface area contributed by atoms with Crippen molar-refractivity contribution in [1.29, 1.82) is 0 Å². The molecule has 2 atom stereocenters. The van der Waals surface area contributed by atoms with Crippen molar-refractivity contribution in [1.82, 2.24) is 15.5 Å². The lowest BCUT2D eigenvalue weighted by molar-refractivity contribution is -0.138. The third kappa shape index (κ3) is 5.50. The summed E-state index contributed by atoms with van der Waals surface area (Å²) in [7, 11) is 1.58. The van der Waals surface area contributed by atoms with E-state index in [9.17, 15) is 18.0 Å². The minimum atomic E-state index is -4.39. The van der Waals surface area contributed by atoms with Gasteiger partial charge in [0, 0.05) is 37.7 Å². The number of hydrogen-bond acceptors (Lipinski definition) is 3. The van der Waals surface area contributed by atoms with Gasteiger partial charge in [0.15, 0.2) is 0 Å². The highest BCUT2D eigenvalue weighted by atomic mass is 35.5. The maximum absolute atomic E-state index is 13.2. The van der Waals surface area contributed by atoms with Gasteiger partial charge >= 0.3 is 6.18 Å². The van der Waals surface area contributed by atoms with E-state index in [1.54, 1.807) is 19.2 Å². The van der Waals surface area contributed by atoms with Crippen molar-refractivity contribution in [3.8, 4) is 0 Å². The van der Waals surface area contributed by atoms with Gasteiger partial charge in [0.05, 0.1) is 11.6 Å². The number of amides is 1. The van der Waals surface area contributed by atoms with Gasteiger partial charge in [-0.05, 0) is 35.7 Å². The Balaban J connectivity index is 1.69. The first kappa shape index (κ1) is 21.6. The average Bonchev–Trinajstić information content (AvgIpc) is 3.08. The van der Waals surface area contributed by atoms with E-state index in [4.69, 9.17) is 11.6 Å². The van der Waals surface area contributed by atoms with Gasteiger partial charge in [-0.2, -0.15) is 13.2 Å². The fourth-order valence-corrected chi connectivity index (χ4v) is 3.95. The number of likely N-dealkylation sites (tertiary alicyclic amines) is 1. The van der Waals surface area contributed by atoms with Crippen LogP contribution < -0.4 is 10.6 Å². The zero-order chi connectivity index (χ0) is 21.0. The number of carbonyl (C=O) groups is 1. The molecule has 1 amide bonds. The van der Waals surface area contributed by atoms with Crippen molar-refractivity contribution in [3.63, 3.8) is 0 Å². The van der Waals surface area contributed by atoms with E-state index in [1.165, 1.54) is 12.1 Å². The summed E-state index contributed by atoms with van der Waals surface area (Å²) in [5.74, 6) is -0.105. The molecule has 0 saturated carbocycles. The number of alkyl halides is 3. The summed E-state index contributed by atoms with van der Waals surface area (Å²) in [6, 6.07) is 12.5. The fourth-order valence-electron chi connectivity index (χ4n) is 3.74. The van der Waals surface area contributed by atoms with Crippen molar-refractivity contribution in [2.75, 3.05) is 13.6 Å². The molecule has 1 fully saturated rings. The first-order valence-corrected chi connectivity index (χ1v) is 9.74. The standard InChI is InChI=1S/C21H23ClF3N3O/c1-26-20(29)19-10-17(13-28(19)12-14-5-4-7-16(22)9-14)27-11-15-6-2-3-8-18(15)21(23,24)25/h2-9,17,19,27H,10-13H2,1H3,(H,26,29)/t17-,19-/m0/s1. The topological polar surface area (TPSA) is 44.4 Å². The molecular formula is C21H23ClF3N3O. The summed E-state index contributed by atoms with van der Waals surface area (Å²) >= 11 is 6.05. The molecule has 2 N–H and O–H groups in total. The van der Waals surface area contributed by atoms with Crippen LogP contribution in [0.3, 0.4) is 0 Å². The number of carbonyl (C=O) groups excluding carboxylic acids is 1. The second-order valence-corrected chi connectivity index (χ2v) is 7.59. The molecule has 1 heterocycles. The second kappa shape index (κ2) is 9.15. The minimum Gasteiger partial charge on any atom is -0.358 e. The Bertz CT molecular complexity index is 859. The van der Waals surface area contributed by atoms with Crippen LogP contribution in [-0.4, -0.2) is 36.5 Å². The second-order valence-electron chi connectivity index (χ2n) is 7.16. The summed E-state index contributed by atoms with van der Waals surface area (Å²) in [5, 5.41) is 6.49. The normalized spacial score (nSPS) is 20.0. The summed E-state index contributed by atoms with van der Waals surface area (Å²) in [6.45, 7) is 1.18. The highest BCUT2D eigenvalue weighted by Crippen LogP contribution is 2.32. The lowest BCUT2D eigenvalue weighted by Gasteiger charge is -2.23. The molecule has 1 saturated heterocycles. The molecule has 29 heavy (non-hydrogen) atoms. The molecule has 3 rings (SSSR count). The largest absolute Gasteiger partial charge is 0.416 e. The van der Waals surface area contributed by atoms with Crippen LogP contribution in [0.2, 0.25) is 5.02 Å². The average molecular weight is 426 g/mol. The van der Waals surface area contributed by atoms with Crippen molar-refractivity contribution >= 4 is 17.5 Å². The van der Waals surface area contributed by atoms with Gasteiger partial charge in [0.25, 0.3) is 0 Å². The van der Waals surface area contributed by atoms with Crippen molar-refractivity contribution < 1.29 is 18.0 Å². The summed E-state index contributed by atoms with van der Waals surface area (Å²) in [4.78, 5) is 14.4. The summed E-state index contributed by atoms with van der Waals surface area (Å²) in [6.07, 6.45) is -3.87. The highest BCUT2D eigenvalue weighted by Gasteiger charge is 2.37. The third-order valence-corrected chi connectivity index (χ3v) is 5.37. The van der Waals surface area contributed by atoms with Gasteiger partial charge < -0.3 is 10.6 Å². The van der Waals surface area contributed by atoms with E-state index in [2.05, 4.69) is 10.6 Å². The number of likely N-dealkylation sites (N-methyl/N-ethyl adjacent to an activating group) is 1. The van der Waals surface area contributed by atoms with Crippen LogP contribution in [0, 0.1) is 0 Å². The van der Waals surface area contributed by atoms with Gasteiger partial charge in [-0.1, -0.05) is 41.9 Å². The molecule has 156 valence electrons. The predicted molar refractivity (Wildman–Crippen MR) is 106 cm³/mol. The van der Waals surface area contributed by atoms with Crippen LogP contribution >= 0.6 is 11.6 Å². The van der Waals surface area contributed by atoms with Gasteiger partial charge in [-0.15, -0.1) is 0 Å². The first-order valence-electron chi connectivity index (χ1n) is 9.36. The van der Waals surface area contributed by atoms with Crippen LogP contribution in [0.5, 0.6) is 0 Å². The van der Waals surface area contributed by atoms with Crippen LogP contribution in [0.4, 0.5) is 13.2 Å². The smallest absolute Gasteiger partial charge is 0.358 e. The number of nitrogens with one attached hydrogen (secondary N) is 2. The Morgan fingerprint density at radius 3 is 2.66 bits per heavy atom. The monoisotopic (exact) mass is 425 g/mol. The predicted octanol–water partition coefficient (Wildman–Crippen LogP) is 3.84. The Morgan fingerprint density at radius 2 is 1.97 bits per heavy atom. The molecule has 2 aromatic carbocycles. The Morgan fingerprint density at radius 1 is 1.21 bits per heavy atom. The van der Waals surface area contributed by atoms with Gasteiger partial charge in [0.1, 0.15) is 0 Å². The van der Waals surface area contributed by atoms with Crippen LogP contribution in [0.25, 0.3) is 0 Å². The summed E-state index contributed by atoms with van der Waals surface area (Å²) in [5.41, 5.74) is 0.545. The lowest BCUT2D eigenvalue weighted by Crippen LogP contribution is -2.41. The first-order chi connectivity index (χ1) is 13.8. The number of rotatable bonds is 6. The van der Waals surface area contributed by atoms with Crippen molar-refractivity contribution in [2.24, 2.45) is 0 Å². The number of nitrogens with zero attached hydrogens (tertiary/aromatic N) is 1. The highest BCUT2D eigenvalue weighted by molar-refractivity contribution is 6.30. The van der Waals surface area contributed by atoms with Crippen LogP contribution in [0.1, 0.15) is 23.1 Å². The Labute approximate surface area is 173 Å². The zero-order valence-corrected chi connectivity index (χ0v) is 16.7. The molecule has 1 aliphatic rings. The van der Waals surface area contributed by atoms with Gasteiger partial charge in [0.2, 0.25) is 5.91 Å². The van der Waals surface area contributed by atoms with Crippen molar-refractivity contribution in [3.05, 3.63) is 70.2 Å². The molecule has 8 heteroatoms. The van der Waals surface area contributed by atoms with E-state index in [-0.39, 0.29) is 30.1 Å². The quantitative estimate of drug-likeness (QED) is 0.739. The Hall–Kier alpha value is -2.09. The van der Waals surface area contributed by atoms with Crippen LogP contribution in [-0.2, 0) is 24.1 Å². The maximum atomic E-state index is 13.2. The van der Waals surface area contributed by atoms with E-state index in [0.29, 0.717) is 24.5 Å². The molecule has 0 aromatic heterocycles. The molecule has 0 spiro atoms. The molecule has 0 bridgehead atoms. The van der Waals surface area contributed by atoms with Crippen molar-refractivity contribution in [2.45, 2.75) is 37.8 Å². The third-order valence-electron chi connectivity index (χ3n) is 5.13. The molecule has 4 nitrogen and oxygen atoms in total. The molecule has 1 aliphatic heterocycles. The number of benzene rings is 2. The maximum Gasteiger partial charge on any atom is 0.416 e. The fraction of sp³-hybridized carbons (Fsp3) is 0.381. The molecule has 0 aliphatic carbocycles. The minimum absolute atomic E-state index is 0.0891. The summed E-state index contributed by atoms with van der Waals surface area (Å²) < 4.78 is 39.6. The van der Waals surface area contributed by atoms with Gasteiger partial charge in [-0.3, -0.25) is 9.69 Å². The molecule has 2 aromatic rings. The van der Waals surface area contributed by atoms with Gasteiger partial charge in [-0.25, -0.2) is 0 Å². The number of halogens is 4. The Kier molecular flexibility index (Phi) is 6.82. The van der Waals surface area contributed by atoms with E-state index >= 15 is 0 Å². The number of hydrogen-bond donors (Lipinski definition) is 2. The zero-order valence-electron chi connectivity index (χ0n) is 16.0. The van der Waals surface area contributed by atoms with Crippen LogP contribution in [0.15, 0.2) is 48.5 Å². The van der Waals surface area contributed by atoms with E-state index in [1.807, 2.05) is 23.1 Å². The van der Waals surface area contributed by atoms with E-state index in [0.717, 1.165) is 11.6 Å². The SMILES string of the molecule is CNC(=O)[C@@H]1C[C@H](NCc2ccccc2C(F)(F)F)CN1Cc1cccc(Cl)c1. The molecular weight excluding hydrogens is 403 g/mol.